The van der Waals surface area contributed by atoms with Crippen LogP contribution in [0.4, 0.5) is 0 Å². The summed E-state index contributed by atoms with van der Waals surface area (Å²) in [7, 11) is 0. The highest BCUT2D eigenvalue weighted by atomic mass is 16.5. The van der Waals surface area contributed by atoms with Crippen molar-refractivity contribution in [3.63, 3.8) is 0 Å². The summed E-state index contributed by atoms with van der Waals surface area (Å²) >= 11 is 0. The van der Waals surface area contributed by atoms with E-state index < -0.39 is 0 Å². The van der Waals surface area contributed by atoms with Gasteiger partial charge in [-0.25, -0.2) is 0 Å². The lowest BCUT2D eigenvalue weighted by atomic mass is 10.0. The minimum atomic E-state index is -0.273. The minimum absolute atomic E-state index is 0.0516. The van der Waals surface area contributed by atoms with Gasteiger partial charge in [0.1, 0.15) is 6.04 Å². The van der Waals surface area contributed by atoms with Gasteiger partial charge in [0, 0.05) is 19.4 Å². The minimum Gasteiger partial charge on any atom is -0.423 e. The largest absolute Gasteiger partial charge is 0.423 e. The van der Waals surface area contributed by atoms with Crippen LogP contribution in [0, 0.1) is 19.8 Å². The number of amides is 1. The first-order valence-electron chi connectivity index (χ1n) is 8.39. The molecule has 1 saturated heterocycles. The van der Waals surface area contributed by atoms with Gasteiger partial charge in [-0.3, -0.25) is 4.79 Å². The summed E-state index contributed by atoms with van der Waals surface area (Å²) in [6, 6.07) is 8.04. The van der Waals surface area contributed by atoms with Crippen molar-refractivity contribution in [1.82, 2.24) is 15.1 Å². The fourth-order valence-electron chi connectivity index (χ4n) is 3.55. The van der Waals surface area contributed by atoms with E-state index in [9.17, 15) is 4.79 Å². The molecule has 1 amide bonds. The quantitative estimate of drug-likeness (QED) is 0.866. The van der Waals surface area contributed by atoms with Gasteiger partial charge in [0.2, 0.25) is 17.7 Å². The number of benzene rings is 1. The lowest BCUT2D eigenvalue weighted by molar-refractivity contribution is -0.142. The van der Waals surface area contributed by atoms with Crippen molar-refractivity contribution in [2.75, 3.05) is 19.8 Å². The van der Waals surface area contributed by atoms with Crippen molar-refractivity contribution in [2.24, 2.45) is 5.92 Å². The molecule has 1 aliphatic carbocycles. The van der Waals surface area contributed by atoms with E-state index in [2.05, 4.69) is 29.3 Å². The number of nitrogens with zero attached hydrogens (tertiary/aromatic N) is 3. The summed E-state index contributed by atoms with van der Waals surface area (Å²) < 4.78 is 11.1. The van der Waals surface area contributed by atoms with E-state index in [4.69, 9.17) is 9.15 Å². The molecule has 3 atom stereocenters. The van der Waals surface area contributed by atoms with Gasteiger partial charge in [-0.2, -0.15) is 0 Å². The second-order valence-electron chi connectivity index (χ2n) is 6.59. The molecule has 0 N–H and O–H groups in total. The van der Waals surface area contributed by atoms with E-state index in [0.717, 1.165) is 6.42 Å². The summed E-state index contributed by atoms with van der Waals surface area (Å²) in [5.41, 5.74) is 2.54. The summed E-state index contributed by atoms with van der Waals surface area (Å²) in [5.74, 6) is 1.52. The maximum absolute atomic E-state index is 13.0. The molecule has 2 fully saturated rings. The zero-order chi connectivity index (χ0) is 16.7. The Morgan fingerprint density at radius 1 is 1.25 bits per heavy atom. The number of ether oxygens (including phenoxy) is 1. The molecule has 0 spiro atoms. The highest BCUT2D eigenvalue weighted by molar-refractivity contribution is 5.83. The molecule has 2 heterocycles. The van der Waals surface area contributed by atoms with E-state index in [0.29, 0.717) is 37.5 Å². The number of hydrogen-bond acceptors (Lipinski definition) is 5. The van der Waals surface area contributed by atoms with E-state index in [1.807, 2.05) is 17.0 Å². The lowest BCUT2D eigenvalue weighted by Crippen LogP contribution is -2.44. The predicted molar refractivity (Wildman–Crippen MR) is 86.3 cm³/mol. The maximum atomic E-state index is 13.0. The maximum Gasteiger partial charge on any atom is 0.241 e. The molecule has 1 aromatic carbocycles. The Labute approximate surface area is 140 Å². The summed E-state index contributed by atoms with van der Waals surface area (Å²) in [5, 5.41) is 7.96. The Morgan fingerprint density at radius 2 is 2.08 bits per heavy atom. The Morgan fingerprint density at radius 3 is 2.83 bits per heavy atom. The number of carbonyl (C=O) groups excluding carboxylic acids is 1. The first kappa shape index (κ1) is 15.3. The van der Waals surface area contributed by atoms with Gasteiger partial charge >= 0.3 is 0 Å². The summed E-state index contributed by atoms with van der Waals surface area (Å²) in [6.07, 6.45) is 0.913. The molecule has 2 aromatic rings. The first-order chi connectivity index (χ1) is 11.6. The molecule has 126 valence electrons. The fraction of sp³-hybridized carbons (Fsp3) is 0.500. The van der Waals surface area contributed by atoms with Crippen LogP contribution >= 0.6 is 0 Å². The van der Waals surface area contributed by atoms with Gasteiger partial charge in [-0.15, -0.1) is 10.2 Å². The number of hydrogen-bond donors (Lipinski definition) is 0. The van der Waals surface area contributed by atoms with Gasteiger partial charge in [0.25, 0.3) is 0 Å². The Bertz CT molecular complexity index is 757. The molecular formula is C18H21N3O3. The molecule has 1 aromatic heterocycles. The molecular weight excluding hydrogens is 306 g/mol. The third-order valence-corrected chi connectivity index (χ3v) is 4.93. The van der Waals surface area contributed by atoms with Crippen molar-refractivity contribution in [1.29, 1.82) is 0 Å². The highest BCUT2D eigenvalue weighted by Crippen LogP contribution is 2.50. The molecule has 2 aliphatic rings. The van der Waals surface area contributed by atoms with E-state index in [1.54, 1.807) is 6.92 Å². The number of aryl methyl sites for hydroxylation is 2. The van der Waals surface area contributed by atoms with E-state index in [-0.39, 0.29) is 17.9 Å². The third kappa shape index (κ3) is 2.71. The lowest BCUT2D eigenvalue weighted by Gasteiger charge is -2.33. The normalized spacial score (nSPS) is 26.4. The monoisotopic (exact) mass is 327 g/mol. The number of rotatable bonds is 3. The van der Waals surface area contributed by atoms with Crippen molar-refractivity contribution in [3.8, 4) is 0 Å². The second kappa shape index (κ2) is 6.02. The van der Waals surface area contributed by atoms with Crippen LogP contribution in [0.2, 0.25) is 0 Å². The van der Waals surface area contributed by atoms with Crippen molar-refractivity contribution >= 4 is 5.91 Å². The average molecular weight is 327 g/mol. The van der Waals surface area contributed by atoms with Crippen LogP contribution in [0.1, 0.15) is 41.3 Å². The smallest absolute Gasteiger partial charge is 0.241 e. The SMILES string of the molecule is Cc1nnc([C@@H]2COCCN2C(=O)[C@H]2C[C@H]2c2ccccc2C)o1. The topological polar surface area (TPSA) is 68.5 Å². The first-order valence-corrected chi connectivity index (χ1v) is 8.39. The van der Waals surface area contributed by atoms with Crippen LogP contribution in [-0.2, 0) is 9.53 Å². The molecule has 4 rings (SSSR count). The molecule has 0 bridgehead atoms. The average Bonchev–Trinajstić information content (AvgIpc) is 3.28. The molecule has 6 heteroatoms. The van der Waals surface area contributed by atoms with Crippen molar-refractivity contribution < 1.29 is 13.9 Å². The van der Waals surface area contributed by atoms with Gasteiger partial charge in [0.05, 0.1) is 13.2 Å². The zero-order valence-electron chi connectivity index (χ0n) is 13.9. The Kier molecular flexibility index (Phi) is 3.84. The molecule has 0 unspecified atom stereocenters. The van der Waals surface area contributed by atoms with Gasteiger partial charge < -0.3 is 14.1 Å². The van der Waals surface area contributed by atoms with Gasteiger partial charge in [-0.1, -0.05) is 24.3 Å². The van der Waals surface area contributed by atoms with Crippen LogP contribution in [0.25, 0.3) is 0 Å². The molecule has 1 aliphatic heterocycles. The highest BCUT2D eigenvalue weighted by Gasteiger charge is 2.48. The van der Waals surface area contributed by atoms with Crippen LogP contribution in [0.5, 0.6) is 0 Å². The Balaban J connectivity index is 1.52. The summed E-state index contributed by atoms with van der Waals surface area (Å²) in [6.45, 7) is 5.39. The van der Waals surface area contributed by atoms with Crippen molar-refractivity contribution in [2.45, 2.75) is 32.2 Å². The second-order valence-corrected chi connectivity index (χ2v) is 6.59. The Hall–Kier alpha value is -2.21. The van der Waals surface area contributed by atoms with Gasteiger partial charge in [-0.05, 0) is 30.4 Å². The number of carbonyl (C=O) groups is 1. The molecule has 1 saturated carbocycles. The summed E-state index contributed by atoms with van der Waals surface area (Å²) in [4.78, 5) is 14.9. The standard InChI is InChI=1S/C18H21N3O3/c1-11-5-3-4-6-13(11)14-9-15(14)18(22)21-7-8-23-10-16(21)17-20-19-12(2)24-17/h3-6,14-16H,7-10H2,1-2H3/t14-,15-,16-/m0/s1. The number of aromatic nitrogens is 2. The fourth-order valence-corrected chi connectivity index (χ4v) is 3.55. The van der Waals surface area contributed by atoms with Crippen LogP contribution < -0.4 is 0 Å². The van der Waals surface area contributed by atoms with E-state index >= 15 is 0 Å². The van der Waals surface area contributed by atoms with Crippen LogP contribution in [0.15, 0.2) is 28.7 Å². The van der Waals surface area contributed by atoms with Crippen molar-refractivity contribution in [3.05, 3.63) is 47.2 Å². The van der Waals surface area contributed by atoms with Crippen LogP contribution in [-0.4, -0.2) is 40.8 Å². The molecule has 6 nitrogen and oxygen atoms in total. The third-order valence-electron chi connectivity index (χ3n) is 4.93. The van der Waals surface area contributed by atoms with Gasteiger partial charge in [0.15, 0.2) is 0 Å². The molecule has 0 radical (unpaired) electrons. The predicted octanol–water partition coefficient (Wildman–Crippen LogP) is 2.39. The molecule has 24 heavy (non-hydrogen) atoms. The van der Waals surface area contributed by atoms with Crippen LogP contribution in [0.3, 0.4) is 0 Å². The number of morpholine rings is 1. The zero-order valence-corrected chi connectivity index (χ0v) is 13.9. The van der Waals surface area contributed by atoms with E-state index in [1.165, 1.54) is 11.1 Å².